The van der Waals surface area contributed by atoms with Crippen molar-refractivity contribution in [1.29, 1.82) is 0 Å². The fourth-order valence-electron chi connectivity index (χ4n) is 3.29. The van der Waals surface area contributed by atoms with Gasteiger partial charge in [0.15, 0.2) is 11.0 Å². The van der Waals surface area contributed by atoms with Crippen LogP contribution < -0.4 is 11.1 Å². The van der Waals surface area contributed by atoms with Gasteiger partial charge in [-0.3, -0.25) is 9.59 Å². The van der Waals surface area contributed by atoms with E-state index < -0.39 is 5.91 Å². The lowest BCUT2D eigenvalue weighted by Gasteiger charge is -2.10. The predicted octanol–water partition coefficient (Wildman–Crippen LogP) is 4.40. The van der Waals surface area contributed by atoms with E-state index >= 15 is 0 Å². The van der Waals surface area contributed by atoms with Crippen LogP contribution in [0.3, 0.4) is 0 Å². The van der Waals surface area contributed by atoms with Crippen molar-refractivity contribution in [2.24, 2.45) is 5.73 Å². The van der Waals surface area contributed by atoms with E-state index in [2.05, 4.69) is 44.5 Å². The van der Waals surface area contributed by atoms with E-state index in [1.165, 1.54) is 16.5 Å². The number of nitrogens with zero attached hydrogens (tertiary/aromatic N) is 3. The molecule has 9 heteroatoms. The van der Waals surface area contributed by atoms with Crippen molar-refractivity contribution in [1.82, 2.24) is 14.8 Å². The van der Waals surface area contributed by atoms with Crippen LogP contribution in [0.4, 0.5) is 5.69 Å². The second-order valence-electron chi connectivity index (χ2n) is 6.85. The van der Waals surface area contributed by atoms with Crippen molar-refractivity contribution in [3.8, 4) is 11.4 Å². The molecule has 31 heavy (non-hydrogen) atoms. The number of carbonyl (C=O) groups excluding carboxylic acids is 2. The van der Waals surface area contributed by atoms with Gasteiger partial charge in [0.1, 0.15) is 0 Å². The number of anilines is 1. The molecule has 0 atom stereocenters. The van der Waals surface area contributed by atoms with Crippen molar-refractivity contribution >= 4 is 50.7 Å². The molecule has 0 aliphatic carbocycles. The standard InChI is InChI=1S/C22H21N5O2S2/c1-2-11-27-21(16-12-30-18-10-6-4-7-14(16)18)25-26-22(27)31-13-19(28)24-17-9-5-3-8-15(17)20(23)29/h3-10,12H,2,11,13H2,1H3,(H2,23,29)(H,24,28). The van der Waals surface area contributed by atoms with Crippen LogP contribution in [0.25, 0.3) is 21.5 Å². The van der Waals surface area contributed by atoms with Gasteiger partial charge in [0.2, 0.25) is 5.91 Å². The van der Waals surface area contributed by atoms with Crippen LogP contribution in [0, 0.1) is 0 Å². The van der Waals surface area contributed by atoms with Crippen LogP contribution in [0.15, 0.2) is 59.1 Å². The van der Waals surface area contributed by atoms with Crippen LogP contribution in [-0.4, -0.2) is 32.3 Å². The first-order valence-electron chi connectivity index (χ1n) is 9.79. The van der Waals surface area contributed by atoms with Gasteiger partial charge < -0.3 is 15.6 Å². The monoisotopic (exact) mass is 451 g/mol. The molecule has 2 aromatic heterocycles. The molecule has 0 saturated heterocycles. The molecule has 7 nitrogen and oxygen atoms in total. The van der Waals surface area contributed by atoms with Crippen LogP contribution in [0.1, 0.15) is 23.7 Å². The molecule has 0 saturated carbocycles. The average molecular weight is 452 g/mol. The first-order chi connectivity index (χ1) is 15.1. The highest BCUT2D eigenvalue weighted by atomic mass is 32.2. The van der Waals surface area contributed by atoms with Crippen LogP contribution in [-0.2, 0) is 11.3 Å². The van der Waals surface area contributed by atoms with Gasteiger partial charge in [-0.15, -0.1) is 21.5 Å². The third kappa shape index (κ3) is 4.47. The summed E-state index contributed by atoms with van der Waals surface area (Å²) >= 11 is 2.99. The summed E-state index contributed by atoms with van der Waals surface area (Å²) in [6.07, 6.45) is 0.916. The number of hydrogen-bond acceptors (Lipinski definition) is 6. The first-order valence-corrected chi connectivity index (χ1v) is 11.7. The molecule has 2 aromatic carbocycles. The number of aromatic nitrogens is 3. The van der Waals surface area contributed by atoms with Gasteiger partial charge in [0.25, 0.3) is 5.91 Å². The highest BCUT2D eigenvalue weighted by molar-refractivity contribution is 7.99. The molecule has 3 N–H and O–H groups in total. The van der Waals surface area contributed by atoms with E-state index in [1.54, 1.807) is 35.6 Å². The fraction of sp³-hybridized carbons (Fsp3) is 0.182. The average Bonchev–Trinajstić information content (AvgIpc) is 3.36. The quantitative estimate of drug-likeness (QED) is 0.387. The van der Waals surface area contributed by atoms with Crippen LogP contribution >= 0.6 is 23.1 Å². The second-order valence-corrected chi connectivity index (χ2v) is 8.70. The Morgan fingerprint density at radius 1 is 1.13 bits per heavy atom. The molecular weight excluding hydrogens is 430 g/mol. The Morgan fingerprint density at radius 2 is 1.90 bits per heavy atom. The van der Waals surface area contributed by atoms with E-state index in [4.69, 9.17) is 5.73 Å². The lowest BCUT2D eigenvalue weighted by molar-refractivity contribution is -0.113. The van der Waals surface area contributed by atoms with Gasteiger partial charge in [0, 0.05) is 27.6 Å². The highest BCUT2D eigenvalue weighted by Gasteiger charge is 2.18. The number of fused-ring (bicyclic) bond motifs is 1. The Kier molecular flexibility index (Phi) is 6.34. The number of nitrogens with one attached hydrogen (secondary N) is 1. The number of amides is 2. The molecule has 0 aliphatic rings. The van der Waals surface area contributed by atoms with E-state index in [0.717, 1.165) is 29.7 Å². The summed E-state index contributed by atoms with van der Waals surface area (Å²) in [6.45, 7) is 2.85. The van der Waals surface area contributed by atoms with Crippen molar-refractivity contribution < 1.29 is 9.59 Å². The summed E-state index contributed by atoms with van der Waals surface area (Å²) in [6, 6.07) is 14.9. The molecule has 4 rings (SSSR count). The summed E-state index contributed by atoms with van der Waals surface area (Å²) in [4.78, 5) is 24.1. The van der Waals surface area contributed by atoms with E-state index in [1.807, 2.05) is 12.1 Å². The maximum Gasteiger partial charge on any atom is 0.250 e. The SMILES string of the molecule is CCCn1c(SCC(=O)Nc2ccccc2C(N)=O)nnc1-c1csc2ccccc12. The Bertz CT molecular complexity index is 1250. The zero-order chi connectivity index (χ0) is 21.8. The summed E-state index contributed by atoms with van der Waals surface area (Å²) in [5, 5.41) is 15.5. The first kappa shape index (κ1) is 21.1. The number of hydrogen-bond donors (Lipinski definition) is 2. The van der Waals surface area contributed by atoms with E-state index in [9.17, 15) is 9.59 Å². The fourth-order valence-corrected chi connectivity index (χ4v) is 5.00. The van der Waals surface area contributed by atoms with Gasteiger partial charge in [-0.2, -0.15) is 0 Å². The Hall–Kier alpha value is -3.17. The maximum absolute atomic E-state index is 12.5. The Morgan fingerprint density at radius 3 is 2.71 bits per heavy atom. The molecule has 0 spiro atoms. The van der Waals surface area contributed by atoms with Crippen LogP contribution in [0.2, 0.25) is 0 Å². The van der Waals surface area contributed by atoms with Crippen molar-refractivity contribution in [3.63, 3.8) is 0 Å². The topological polar surface area (TPSA) is 103 Å². The zero-order valence-electron chi connectivity index (χ0n) is 16.9. The second kappa shape index (κ2) is 9.32. The van der Waals surface area contributed by atoms with Gasteiger partial charge in [-0.25, -0.2) is 0 Å². The van der Waals surface area contributed by atoms with Gasteiger partial charge in [0.05, 0.1) is 17.0 Å². The summed E-state index contributed by atoms with van der Waals surface area (Å²) < 4.78 is 3.26. The summed E-state index contributed by atoms with van der Waals surface area (Å²) in [5.74, 6) is 0.117. The third-order valence-electron chi connectivity index (χ3n) is 4.68. The number of carbonyl (C=O) groups is 2. The molecule has 0 radical (unpaired) electrons. The maximum atomic E-state index is 12.5. The lowest BCUT2D eigenvalue weighted by atomic mass is 10.1. The highest BCUT2D eigenvalue weighted by Crippen LogP contribution is 2.34. The lowest BCUT2D eigenvalue weighted by Crippen LogP contribution is -2.19. The molecule has 0 aliphatic heterocycles. The van der Waals surface area contributed by atoms with Crippen LogP contribution in [0.5, 0.6) is 0 Å². The number of para-hydroxylation sites is 1. The minimum atomic E-state index is -0.584. The molecule has 2 heterocycles. The molecule has 4 aromatic rings. The molecular formula is C22H21N5O2S2. The Labute approximate surface area is 187 Å². The number of nitrogens with two attached hydrogens (primary N) is 1. The number of rotatable bonds is 8. The normalized spacial score (nSPS) is 11.0. The number of primary amides is 1. The number of thioether (sulfide) groups is 1. The predicted molar refractivity (Wildman–Crippen MR) is 125 cm³/mol. The van der Waals surface area contributed by atoms with Crippen molar-refractivity contribution in [3.05, 3.63) is 59.5 Å². The zero-order valence-corrected chi connectivity index (χ0v) is 18.5. The molecule has 0 bridgehead atoms. The minimum absolute atomic E-state index is 0.138. The molecule has 158 valence electrons. The Balaban J connectivity index is 1.53. The molecule has 0 unspecified atom stereocenters. The van der Waals surface area contributed by atoms with Gasteiger partial charge in [-0.05, 0) is 24.6 Å². The smallest absolute Gasteiger partial charge is 0.250 e. The number of benzene rings is 2. The van der Waals surface area contributed by atoms with Gasteiger partial charge in [-0.1, -0.05) is 49.0 Å². The van der Waals surface area contributed by atoms with E-state index in [-0.39, 0.29) is 17.2 Å². The summed E-state index contributed by atoms with van der Waals surface area (Å²) in [7, 11) is 0. The van der Waals surface area contributed by atoms with Crippen molar-refractivity contribution in [2.75, 3.05) is 11.1 Å². The summed E-state index contributed by atoms with van der Waals surface area (Å²) in [5.41, 5.74) is 7.11. The minimum Gasteiger partial charge on any atom is -0.366 e. The number of thiophene rings is 1. The molecule has 2 amide bonds. The van der Waals surface area contributed by atoms with E-state index in [0.29, 0.717) is 10.8 Å². The third-order valence-corrected chi connectivity index (χ3v) is 6.62. The van der Waals surface area contributed by atoms with Gasteiger partial charge >= 0.3 is 0 Å². The van der Waals surface area contributed by atoms with Crippen molar-refractivity contribution in [2.45, 2.75) is 25.0 Å². The molecule has 0 fully saturated rings. The largest absolute Gasteiger partial charge is 0.366 e.